The molecule has 0 aliphatic carbocycles. The zero-order valence-corrected chi connectivity index (χ0v) is 12.5. The highest BCUT2D eigenvalue weighted by molar-refractivity contribution is 5.88. The number of esters is 1. The van der Waals surface area contributed by atoms with Crippen molar-refractivity contribution in [3.8, 4) is 5.69 Å². The number of nitro groups is 1. The van der Waals surface area contributed by atoms with E-state index in [4.69, 9.17) is 4.74 Å². The number of hydrogen-bond acceptors (Lipinski definition) is 6. The molecular weight excluding hydrogens is 314 g/mol. The number of hydrogen-bond donors (Lipinski definition) is 0. The summed E-state index contributed by atoms with van der Waals surface area (Å²) in [4.78, 5) is 25.6. The van der Waals surface area contributed by atoms with Gasteiger partial charge in [-0.25, -0.2) is 9.48 Å². The van der Waals surface area contributed by atoms with Gasteiger partial charge in [0.2, 0.25) is 6.33 Å². The number of ether oxygens (including phenoxy) is 1. The highest BCUT2D eigenvalue weighted by atomic mass is 16.6. The van der Waals surface area contributed by atoms with Crippen molar-refractivity contribution in [3.05, 3.63) is 70.9 Å². The number of rotatable bonds is 6. The van der Waals surface area contributed by atoms with Crippen LogP contribution in [0.3, 0.4) is 0 Å². The van der Waals surface area contributed by atoms with Crippen molar-refractivity contribution < 1.29 is 14.5 Å². The first kappa shape index (κ1) is 15.4. The molecule has 0 amide bonds. The Balaban J connectivity index is 1.55. The van der Waals surface area contributed by atoms with Crippen molar-refractivity contribution in [2.45, 2.75) is 6.54 Å². The zero-order chi connectivity index (χ0) is 16.9. The van der Waals surface area contributed by atoms with Crippen molar-refractivity contribution in [2.75, 3.05) is 6.61 Å². The summed E-state index contributed by atoms with van der Waals surface area (Å²) in [7, 11) is 0. The third-order valence-corrected chi connectivity index (χ3v) is 3.23. The van der Waals surface area contributed by atoms with Crippen LogP contribution in [0.5, 0.6) is 0 Å². The van der Waals surface area contributed by atoms with E-state index in [2.05, 4.69) is 10.1 Å². The largest absolute Gasteiger partial charge is 0.460 e. The Kier molecular flexibility index (Phi) is 4.32. The molecule has 122 valence electrons. The monoisotopic (exact) mass is 327 g/mol. The Bertz CT molecular complexity index is 856. The first-order valence-corrected chi connectivity index (χ1v) is 7.07. The lowest BCUT2D eigenvalue weighted by atomic mass is 10.3. The van der Waals surface area contributed by atoms with E-state index in [1.54, 1.807) is 10.9 Å². The fourth-order valence-corrected chi connectivity index (χ4v) is 2.04. The van der Waals surface area contributed by atoms with Gasteiger partial charge in [0.25, 0.3) is 0 Å². The van der Waals surface area contributed by atoms with E-state index in [-0.39, 0.29) is 19.0 Å². The predicted molar refractivity (Wildman–Crippen MR) is 82.7 cm³/mol. The minimum absolute atomic E-state index is 0.0723. The summed E-state index contributed by atoms with van der Waals surface area (Å²) in [6, 6.07) is 9.38. The normalized spacial score (nSPS) is 10.5. The minimum Gasteiger partial charge on any atom is -0.460 e. The third kappa shape index (κ3) is 3.46. The highest BCUT2D eigenvalue weighted by Gasteiger charge is 2.12. The number of nitrogens with zero attached hydrogens (tertiary/aromatic N) is 5. The molecule has 9 heteroatoms. The van der Waals surface area contributed by atoms with Crippen molar-refractivity contribution in [1.29, 1.82) is 0 Å². The van der Waals surface area contributed by atoms with Gasteiger partial charge in [-0.05, 0) is 22.0 Å². The molecule has 2 heterocycles. The Morgan fingerprint density at radius 2 is 2.04 bits per heavy atom. The predicted octanol–water partition coefficient (Wildman–Crippen LogP) is 1.83. The van der Waals surface area contributed by atoms with Crippen LogP contribution in [0.4, 0.5) is 5.82 Å². The summed E-state index contributed by atoms with van der Waals surface area (Å²) in [6.07, 6.45) is 5.61. The van der Waals surface area contributed by atoms with Gasteiger partial charge in [0.1, 0.15) is 12.8 Å². The number of benzene rings is 1. The SMILES string of the molecule is O=C(OCCn1cnc([N+](=O)[O-])c1)c1cnn(-c2ccccc2)c1. The number of carbonyl (C=O) groups is 1. The van der Waals surface area contributed by atoms with E-state index in [0.29, 0.717) is 5.56 Å². The van der Waals surface area contributed by atoms with E-state index in [1.807, 2.05) is 30.3 Å². The second kappa shape index (κ2) is 6.73. The molecule has 1 aromatic carbocycles. The van der Waals surface area contributed by atoms with Gasteiger partial charge in [-0.15, -0.1) is 0 Å². The standard InChI is InChI=1S/C15H13N5O4/c21-15(24-7-6-18-10-14(16-11-18)20(22)23)12-8-17-19(9-12)13-4-2-1-3-5-13/h1-5,8-11H,6-7H2. The fourth-order valence-electron chi connectivity index (χ4n) is 2.04. The summed E-state index contributed by atoms with van der Waals surface area (Å²) in [5, 5.41) is 14.7. The second-order valence-electron chi connectivity index (χ2n) is 4.87. The van der Waals surface area contributed by atoms with E-state index >= 15 is 0 Å². The van der Waals surface area contributed by atoms with Gasteiger partial charge in [0.05, 0.1) is 24.0 Å². The molecule has 0 saturated carbocycles. The molecule has 3 rings (SSSR count). The molecule has 0 aliphatic heterocycles. The molecule has 2 aromatic heterocycles. The van der Waals surface area contributed by atoms with Crippen LogP contribution in [0.15, 0.2) is 55.2 Å². The summed E-state index contributed by atoms with van der Waals surface area (Å²) in [5.74, 6) is -0.753. The Morgan fingerprint density at radius 1 is 1.25 bits per heavy atom. The van der Waals surface area contributed by atoms with Gasteiger partial charge < -0.3 is 19.4 Å². The van der Waals surface area contributed by atoms with E-state index in [0.717, 1.165) is 5.69 Å². The van der Waals surface area contributed by atoms with Crippen LogP contribution >= 0.6 is 0 Å². The highest BCUT2D eigenvalue weighted by Crippen LogP contribution is 2.09. The Labute approximate surface area is 136 Å². The van der Waals surface area contributed by atoms with Crippen LogP contribution < -0.4 is 0 Å². The minimum atomic E-state index is -0.583. The van der Waals surface area contributed by atoms with Crippen LogP contribution in [-0.4, -0.2) is 36.8 Å². The zero-order valence-electron chi connectivity index (χ0n) is 12.5. The van der Waals surface area contributed by atoms with Crippen molar-refractivity contribution in [2.24, 2.45) is 0 Å². The smallest absolute Gasteiger partial charge is 0.381 e. The van der Waals surface area contributed by atoms with Gasteiger partial charge in [0.15, 0.2) is 0 Å². The van der Waals surface area contributed by atoms with Gasteiger partial charge in [0, 0.05) is 6.20 Å². The van der Waals surface area contributed by atoms with Crippen molar-refractivity contribution in [3.63, 3.8) is 0 Å². The second-order valence-corrected chi connectivity index (χ2v) is 4.87. The maximum Gasteiger partial charge on any atom is 0.381 e. The molecule has 0 aliphatic rings. The number of carbonyl (C=O) groups excluding carboxylic acids is 1. The average molecular weight is 327 g/mol. The summed E-state index contributed by atoms with van der Waals surface area (Å²) in [5.41, 5.74) is 1.16. The molecule has 0 N–H and O–H groups in total. The molecule has 0 bridgehead atoms. The van der Waals surface area contributed by atoms with Gasteiger partial charge >= 0.3 is 11.8 Å². The Hall–Kier alpha value is -3.49. The molecular formula is C15H13N5O4. The quantitative estimate of drug-likeness (QED) is 0.388. The van der Waals surface area contributed by atoms with Crippen LogP contribution in [0, 0.1) is 10.1 Å². The van der Waals surface area contributed by atoms with Crippen LogP contribution in [0.1, 0.15) is 10.4 Å². The van der Waals surface area contributed by atoms with Crippen LogP contribution in [0.25, 0.3) is 5.69 Å². The maximum atomic E-state index is 12.0. The summed E-state index contributed by atoms with van der Waals surface area (Å²) >= 11 is 0. The van der Waals surface area contributed by atoms with E-state index < -0.39 is 10.9 Å². The number of imidazole rings is 1. The molecule has 3 aromatic rings. The topological polar surface area (TPSA) is 105 Å². The third-order valence-electron chi connectivity index (χ3n) is 3.23. The van der Waals surface area contributed by atoms with Gasteiger partial charge in [-0.1, -0.05) is 18.2 Å². The molecule has 24 heavy (non-hydrogen) atoms. The molecule has 0 unspecified atom stereocenters. The number of para-hydroxylation sites is 1. The first-order chi connectivity index (χ1) is 11.6. The lowest BCUT2D eigenvalue weighted by Gasteiger charge is -2.03. The van der Waals surface area contributed by atoms with Gasteiger partial charge in [-0.3, -0.25) is 0 Å². The maximum absolute atomic E-state index is 12.0. The number of aromatic nitrogens is 4. The van der Waals surface area contributed by atoms with Crippen molar-refractivity contribution in [1.82, 2.24) is 19.3 Å². The van der Waals surface area contributed by atoms with Crippen LogP contribution in [-0.2, 0) is 11.3 Å². The molecule has 9 nitrogen and oxygen atoms in total. The van der Waals surface area contributed by atoms with Gasteiger partial charge in [-0.2, -0.15) is 5.10 Å². The van der Waals surface area contributed by atoms with E-state index in [1.165, 1.54) is 23.3 Å². The van der Waals surface area contributed by atoms with E-state index in [9.17, 15) is 14.9 Å². The molecule has 0 spiro atoms. The summed E-state index contributed by atoms with van der Waals surface area (Å²) < 4.78 is 8.20. The summed E-state index contributed by atoms with van der Waals surface area (Å²) in [6.45, 7) is 0.349. The fraction of sp³-hybridized carbons (Fsp3) is 0.133. The lowest BCUT2D eigenvalue weighted by Crippen LogP contribution is -2.10. The Morgan fingerprint density at radius 3 is 2.75 bits per heavy atom. The molecule has 0 fully saturated rings. The average Bonchev–Trinajstić information content (AvgIpc) is 3.25. The lowest BCUT2D eigenvalue weighted by molar-refractivity contribution is -0.389. The van der Waals surface area contributed by atoms with Crippen LogP contribution in [0.2, 0.25) is 0 Å². The molecule has 0 atom stereocenters. The van der Waals surface area contributed by atoms with Crippen molar-refractivity contribution >= 4 is 11.8 Å². The first-order valence-electron chi connectivity index (χ1n) is 7.07. The molecule has 0 saturated heterocycles. The molecule has 0 radical (unpaired) electrons.